The highest BCUT2D eigenvalue weighted by Gasteiger charge is 2.40. The molecular formula is C31H36N4O6S. The molecule has 2 aromatic carbocycles. The highest BCUT2D eigenvalue weighted by molar-refractivity contribution is 8.00. The summed E-state index contributed by atoms with van der Waals surface area (Å²) < 4.78 is 24.1. The van der Waals surface area contributed by atoms with Gasteiger partial charge in [0.1, 0.15) is 18.1 Å². The monoisotopic (exact) mass is 592 g/mol. The topological polar surface area (TPSA) is 104 Å². The molecule has 3 aliphatic heterocycles. The molecule has 42 heavy (non-hydrogen) atoms. The first-order chi connectivity index (χ1) is 20.2. The molecule has 1 N–H and O–H groups in total. The van der Waals surface area contributed by atoms with Crippen LogP contribution in [0.2, 0.25) is 0 Å². The van der Waals surface area contributed by atoms with Crippen molar-refractivity contribution in [1.82, 2.24) is 15.1 Å². The number of amides is 2. The third-order valence-corrected chi connectivity index (χ3v) is 8.92. The number of nitrogens with zero attached hydrogens (tertiary/aromatic N) is 3. The second-order valence-electron chi connectivity index (χ2n) is 11.7. The molecule has 0 saturated carbocycles. The number of hydrogen-bond donors (Lipinski definition) is 1. The maximum Gasteiger partial charge on any atom is 0.240 e. The van der Waals surface area contributed by atoms with Crippen LogP contribution < -0.4 is 24.4 Å². The second kappa shape index (κ2) is 11.5. The molecule has 11 heteroatoms. The molecule has 10 nitrogen and oxygen atoms in total. The lowest BCUT2D eigenvalue weighted by atomic mass is 9.87. The fraction of sp³-hybridized carbons (Fsp3) is 0.452. The van der Waals surface area contributed by atoms with E-state index >= 15 is 0 Å². The second-order valence-corrected chi connectivity index (χ2v) is 12.8. The molecule has 0 bridgehead atoms. The van der Waals surface area contributed by atoms with Gasteiger partial charge in [-0.15, -0.1) is 11.8 Å². The summed E-state index contributed by atoms with van der Waals surface area (Å²) in [7, 11) is 1.62. The van der Waals surface area contributed by atoms with Crippen LogP contribution in [0, 0.1) is 0 Å². The smallest absolute Gasteiger partial charge is 0.240 e. The van der Waals surface area contributed by atoms with Gasteiger partial charge in [-0.1, -0.05) is 26.8 Å². The zero-order valence-electron chi connectivity index (χ0n) is 24.3. The van der Waals surface area contributed by atoms with Crippen LogP contribution in [-0.2, 0) is 19.7 Å². The van der Waals surface area contributed by atoms with Crippen molar-refractivity contribution >= 4 is 29.4 Å². The van der Waals surface area contributed by atoms with E-state index in [4.69, 9.17) is 24.0 Å². The number of anilines is 1. The van der Waals surface area contributed by atoms with Gasteiger partial charge in [-0.25, -0.2) is 4.68 Å². The Hall–Kier alpha value is -3.70. The van der Waals surface area contributed by atoms with Gasteiger partial charge in [0, 0.05) is 24.1 Å². The molecule has 0 spiro atoms. The molecule has 0 radical (unpaired) electrons. The summed E-state index contributed by atoms with van der Waals surface area (Å²) in [5.74, 6) is 2.47. The van der Waals surface area contributed by atoms with Crippen LogP contribution in [0.3, 0.4) is 0 Å². The Kier molecular flexibility index (Phi) is 7.80. The lowest BCUT2D eigenvalue weighted by Gasteiger charge is -2.25. The van der Waals surface area contributed by atoms with Crippen LogP contribution in [-0.4, -0.2) is 67.1 Å². The Morgan fingerprint density at radius 3 is 2.64 bits per heavy atom. The van der Waals surface area contributed by atoms with Crippen molar-refractivity contribution < 1.29 is 28.5 Å². The minimum absolute atomic E-state index is 0.00705. The number of thioether (sulfide) groups is 1. The van der Waals surface area contributed by atoms with E-state index in [0.29, 0.717) is 36.2 Å². The Morgan fingerprint density at radius 2 is 1.93 bits per heavy atom. The Morgan fingerprint density at radius 1 is 1.14 bits per heavy atom. The van der Waals surface area contributed by atoms with Gasteiger partial charge in [-0.3, -0.25) is 14.5 Å². The molecule has 222 valence electrons. The van der Waals surface area contributed by atoms with E-state index in [0.717, 1.165) is 35.3 Å². The molecule has 4 heterocycles. The molecule has 6 rings (SSSR count). The summed E-state index contributed by atoms with van der Waals surface area (Å²) in [6.07, 6.45) is 1.91. The molecule has 0 aliphatic carbocycles. The molecule has 2 atom stereocenters. The summed E-state index contributed by atoms with van der Waals surface area (Å²) in [4.78, 5) is 28.8. The molecular weight excluding hydrogens is 556 g/mol. The van der Waals surface area contributed by atoms with Gasteiger partial charge in [0.15, 0.2) is 11.5 Å². The number of nitrogens with one attached hydrogen (secondary N) is 1. The largest absolute Gasteiger partial charge is 0.497 e. The lowest BCUT2D eigenvalue weighted by Crippen LogP contribution is -2.44. The van der Waals surface area contributed by atoms with Crippen LogP contribution in [0.15, 0.2) is 42.5 Å². The molecule has 1 saturated heterocycles. The van der Waals surface area contributed by atoms with Crippen LogP contribution in [0.1, 0.15) is 55.7 Å². The normalized spacial score (nSPS) is 19.9. The third kappa shape index (κ3) is 5.55. The van der Waals surface area contributed by atoms with Crippen LogP contribution in [0.25, 0.3) is 5.69 Å². The van der Waals surface area contributed by atoms with Gasteiger partial charge in [0.25, 0.3) is 0 Å². The van der Waals surface area contributed by atoms with Gasteiger partial charge >= 0.3 is 0 Å². The van der Waals surface area contributed by atoms with Crippen molar-refractivity contribution in [2.24, 2.45) is 0 Å². The average Bonchev–Trinajstić information content (AvgIpc) is 3.73. The van der Waals surface area contributed by atoms with E-state index < -0.39 is 0 Å². The standard InChI is InChI=1S/C31H36N4O6S/c1-31(2,3)29-27-28(19-7-12-23-24(14-19)41-18-40-23)42-17-26(37)34(16-25(36)32-15-22-6-5-13-39-22)30(27)35(33-29)20-8-10-21(38-4)11-9-20/h7-12,14,22,28H,5-6,13,15-18H2,1-4H3,(H,32,36)/t22-,28+/m0/s1. The first kappa shape index (κ1) is 28.4. The number of hydrogen-bond acceptors (Lipinski definition) is 8. The van der Waals surface area contributed by atoms with Crippen LogP contribution >= 0.6 is 11.8 Å². The molecule has 0 unspecified atom stereocenters. The van der Waals surface area contributed by atoms with Gasteiger partial charge in [-0.05, 0) is 54.8 Å². The molecule has 3 aliphatic rings. The van der Waals surface area contributed by atoms with E-state index in [1.54, 1.807) is 16.7 Å². The number of fused-ring (bicyclic) bond motifs is 2. The SMILES string of the molecule is COc1ccc(-n2nc(C(C)(C)C)c3c2N(CC(=O)NC[C@@H]2CCCO2)C(=O)CS[C@@H]3c2ccc3c(c2)OCO3)cc1. The van der Waals surface area contributed by atoms with E-state index in [1.807, 2.05) is 42.5 Å². The quantitative estimate of drug-likeness (QED) is 0.432. The number of methoxy groups -OCH3 is 1. The number of aromatic nitrogens is 2. The number of ether oxygens (including phenoxy) is 4. The fourth-order valence-electron chi connectivity index (χ4n) is 5.55. The van der Waals surface area contributed by atoms with E-state index in [9.17, 15) is 9.59 Å². The van der Waals surface area contributed by atoms with E-state index in [2.05, 4.69) is 26.1 Å². The first-order valence-electron chi connectivity index (χ1n) is 14.2. The fourth-order valence-corrected chi connectivity index (χ4v) is 6.74. The van der Waals surface area contributed by atoms with Crippen molar-refractivity contribution in [2.75, 3.05) is 44.3 Å². The third-order valence-electron chi connectivity index (χ3n) is 7.67. The maximum atomic E-state index is 13.9. The summed E-state index contributed by atoms with van der Waals surface area (Å²) in [6, 6.07) is 13.4. The highest BCUT2D eigenvalue weighted by atomic mass is 32.2. The number of benzene rings is 2. The minimum Gasteiger partial charge on any atom is -0.497 e. The number of rotatable bonds is 7. The van der Waals surface area contributed by atoms with Gasteiger partial charge in [0.05, 0.1) is 35.6 Å². The molecule has 1 fully saturated rings. The van der Waals surface area contributed by atoms with Crippen molar-refractivity contribution in [2.45, 2.75) is 50.4 Å². The van der Waals surface area contributed by atoms with Gasteiger partial charge in [0.2, 0.25) is 18.6 Å². The van der Waals surface area contributed by atoms with Crippen molar-refractivity contribution in [1.29, 1.82) is 0 Å². The maximum absolute atomic E-state index is 13.9. The van der Waals surface area contributed by atoms with Crippen molar-refractivity contribution in [3.8, 4) is 22.9 Å². The minimum atomic E-state index is -0.363. The van der Waals surface area contributed by atoms with Crippen molar-refractivity contribution in [3.63, 3.8) is 0 Å². The van der Waals surface area contributed by atoms with Gasteiger partial charge in [-0.2, -0.15) is 5.10 Å². The summed E-state index contributed by atoms with van der Waals surface area (Å²) in [5, 5.41) is 7.89. The predicted octanol–water partition coefficient (Wildman–Crippen LogP) is 4.37. The summed E-state index contributed by atoms with van der Waals surface area (Å²) in [6.45, 7) is 7.52. The Labute approximate surface area is 249 Å². The number of carbonyl (C=O) groups is 2. The number of carbonyl (C=O) groups excluding carboxylic acids is 2. The van der Waals surface area contributed by atoms with Crippen LogP contribution in [0.4, 0.5) is 5.82 Å². The zero-order valence-corrected chi connectivity index (χ0v) is 25.2. The van der Waals surface area contributed by atoms with Crippen LogP contribution in [0.5, 0.6) is 17.2 Å². The lowest BCUT2D eigenvalue weighted by molar-refractivity contribution is -0.123. The molecule has 2 amide bonds. The Bertz CT molecular complexity index is 1480. The van der Waals surface area contributed by atoms with E-state index in [-0.39, 0.29) is 47.7 Å². The predicted molar refractivity (Wildman–Crippen MR) is 160 cm³/mol. The summed E-state index contributed by atoms with van der Waals surface area (Å²) >= 11 is 1.53. The zero-order chi connectivity index (χ0) is 29.4. The average molecular weight is 593 g/mol. The van der Waals surface area contributed by atoms with E-state index in [1.165, 1.54) is 11.8 Å². The molecule has 3 aromatic rings. The summed E-state index contributed by atoms with van der Waals surface area (Å²) in [5.41, 5.74) is 3.13. The van der Waals surface area contributed by atoms with Gasteiger partial charge < -0.3 is 24.3 Å². The highest BCUT2D eigenvalue weighted by Crippen LogP contribution is 2.50. The molecule has 1 aromatic heterocycles. The Balaban J connectivity index is 1.48. The van der Waals surface area contributed by atoms with Crippen molar-refractivity contribution in [3.05, 3.63) is 59.3 Å². The first-order valence-corrected chi connectivity index (χ1v) is 15.3.